The van der Waals surface area contributed by atoms with Crippen LogP contribution in [0.3, 0.4) is 0 Å². The maximum absolute atomic E-state index is 12.1. The molecule has 4 bridgehead atoms. The Hall–Kier alpha value is -1.83. The van der Waals surface area contributed by atoms with Crippen LogP contribution in [0.1, 0.15) is 62.1 Å². The van der Waals surface area contributed by atoms with E-state index in [0.717, 1.165) is 44.3 Å². The van der Waals surface area contributed by atoms with E-state index in [1.807, 2.05) is 0 Å². The molecule has 1 amide bonds. The molecule has 30 heavy (non-hydrogen) atoms. The fraction of sp³-hybridized carbons (Fsp3) is 0.696. The molecule has 2 saturated heterocycles. The molecule has 3 aliphatic heterocycles. The number of amides is 1. The minimum atomic E-state index is -0.353. The van der Waals surface area contributed by atoms with Crippen molar-refractivity contribution in [2.24, 2.45) is 5.92 Å². The summed E-state index contributed by atoms with van der Waals surface area (Å²) in [5.41, 5.74) is 10.7. The number of nitrogens with one attached hydrogen (secondary N) is 3. The highest BCUT2D eigenvalue weighted by Crippen LogP contribution is 2.40. The molecule has 7 heteroatoms. The van der Waals surface area contributed by atoms with E-state index >= 15 is 0 Å². The monoisotopic (exact) mass is 414 g/mol. The largest absolute Gasteiger partial charge is 0.445 e. The summed E-state index contributed by atoms with van der Waals surface area (Å²) in [5, 5.41) is 2.85. The van der Waals surface area contributed by atoms with Crippen LogP contribution in [-0.4, -0.2) is 44.5 Å². The van der Waals surface area contributed by atoms with Gasteiger partial charge in [-0.25, -0.2) is 10.2 Å². The minimum absolute atomic E-state index is 0.254. The van der Waals surface area contributed by atoms with Crippen molar-refractivity contribution in [1.82, 2.24) is 16.2 Å². The lowest BCUT2D eigenvalue weighted by Crippen LogP contribution is -2.37. The van der Waals surface area contributed by atoms with Crippen molar-refractivity contribution in [3.05, 3.63) is 29.3 Å². The number of alkyl carbamates (subject to hydrolysis) is 1. The standard InChI is InChI=1S/C23H34N4O3/c28-23-24-7-4-10-29-19-5-6-21-20(14-19)22(26-25-21)17-11-16(15-30-23)12-18(13-17)27-8-2-1-3-9-27/h11-13,19-22,25-26H,1-10,14-15H2,(H,24,28). The quantitative estimate of drug-likeness (QED) is 0.656. The van der Waals surface area contributed by atoms with Crippen molar-refractivity contribution in [2.45, 2.75) is 69.7 Å². The lowest BCUT2D eigenvalue weighted by molar-refractivity contribution is 0.00716. The van der Waals surface area contributed by atoms with Gasteiger partial charge in [-0.1, -0.05) is 6.07 Å². The third kappa shape index (κ3) is 4.43. The first-order valence-corrected chi connectivity index (χ1v) is 11.7. The van der Waals surface area contributed by atoms with E-state index in [2.05, 4.69) is 39.3 Å². The Morgan fingerprint density at radius 3 is 2.80 bits per heavy atom. The Morgan fingerprint density at radius 2 is 1.90 bits per heavy atom. The van der Waals surface area contributed by atoms with Gasteiger partial charge in [0.15, 0.2) is 0 Å². The Bertz CT molecular complexity index is 752. The third-order valence-corrected chi connectivity index (χ3v) is 7.10. The fourth-order valence-corrected chi connectivity index (χ4v) is 5.51. The average molecular weight is 415 g/mol. The van der Waals surface area contributed by atoms with Crippen LogP contribution >= 0.6 is 0 Å². The SMILES string of the molecule is O=C1NCCCOC2CCC3NNC(c4cc(cc(N5CCCCC5)c4)CO1)C3C2. The van der Waals surface area contributed by atoms with Crippen LogP contribution < -0.4 is 21.1 Å². The molecule has 0 radical (unpaired) electrons. The summed E-state index contributed by atoms with van der Waals surface area (Å²) in [5.74, 6) is 0.513. The van der Waals surface area contributed by atoms with Gasteiger partial charge >= 0.3 is 6.09 Å². The molecule has 0 spiro atoms. The molecule has 4 atom stereocenters. The lowest BCUT2D eigenvalue weighted by atomic mass is 9.78. The van der Waals surface area contributed by atoms with Gasteiger partial charge in [0.1, 0.15) is 6.61 Å². The number of hydrogen-bond donors (Lipinski definition) is 3. The number of cyclic esters (lactones) is 1. The van der Waals surface area contributed by atoms with Gasteiger partial charge in [0.25, 0.3) is 0 Å². The van der Waals surface area contributed by atoms with Crippen LogP contribution in [0.5, 0.6) is 0 Å². The second kappa shape index (κ2) is 9.12. The number of fused-ring (bicyclic) bond motifs is 4. The number of benzene rings is 1. The Morgan fingerprint density at radius 1 is 1.00 bits per heavy atom. The van der Waals surface area contributed by atoms with Crippen molar-refractivity contribution in [2.75, 3.05) is 31.1 Å². The van der Waals surface area contributed by atoms with Gasteiger partial charge in [-0.2, -0.15) is 0 Å². The second-order valence-corrected chi connectivity index (χ2v) is 9.18. The normalized spacial score (nSPS) is 32.5. The number of carbonyl (C=O) groups excluding carboxylic acids is 1. The van der Waals surface area contributed by atoms with Crippen LogP contribution in [0.15, 0.2) is 18.2 Å². The van der Waals surface area contributed by atoms with E-state index in [0.29, 0.717) is 37.8 Å². The second-order valence-electron chi connectivity index (χ2n) is 9.18. The first kappa shape index (κ1) is 20.1. The fourth-order valence-electron chi connectivity index (χ4n) is 5.51. The maximum Gasteiger partial charge on any atom is 0.407 e. The zero-order valence-corrected chi connectivity index (χ0v) is 17.7. The molecular formula is C23H34N4O3. The van der Waals surface area contributed by atoms with E-state index in [9.17, 15) is 4.79 Å². The summed E-state index contributed by atoms with van der Waals surface area (Å²) < 4.78 is 11.7. The highest BCUT2D eigenvalue weighted by Gasteiger charge is 2.41. The molecule has 0 aromatic heterocycles. The van der Waals surface area contributed by atoms with E-state index in [1.165, 1.54) is 30.5 Å². The van der Waals surface area contributed by atoms with Gasteiger partial charge in [-0.05, 0) is 74.1 Å². The van der Waals surface area contributed by atoms with Gasteiger partial charge in [0.05, 0.1) is 12.1 Å². The summed E-state index contributed by atoms with van der Waals surface area (Å²) in [6.45, 7) is 3.77. The number of anilines is 1. The molecule has 1 saturated carbocycles. The summed E-state index contributed by atoms with van der Waals surface area (Å²) in [4.78, 5) is 14.6. The topological polar surface area (TPSA) is 74.9 Å². The molecule has 1 aromatic carbocycles. The number of rotatable bonds is 1. The van der Waals surface area contributed by atoms with Gasteiger partial charge in [0, 0.05) is 38.0 Å². The van der Waals surface area contributed by atoms with Gasteiger partial charge in [-0.15, -0.1) is 0 Å². The summed E-state index contributed by atoms with van der Waals surface area (Å²) >= 11 is 0. The number of carbonyl (C=O) groups is 1. The van der Waals surface area contributed by atoms with Crippen LogP contribution in [0, 0.1) is 5.92 Å². The predicted molar refractivity (Wildman–Crippen MR) is 115 cm³/mol. The number of ether oxygens (including phenoxy) is 2. The van der Waals surface area contributed by atoms with Crippen LogP contribution in [0.2, 0.25) is 0 Å². The van der Waals surface area contributed by atoms with Gasteiger partial charge < -0.3 is 19.7 Å². The first-order chi connectivity index (χ1) is 14.8. The summed E-state index contributed by atoms with van der Waals surface area (Å²) in [6, 6.07) is 7.51. The highest BCUT2D eigenvalue weighted by atomic mass is 16.5. The summed E-state index contributed by atoms with van der Waals surface area (Å²) in [6.07, 6.45) is 7.86. The van der Waals surface area contributed by atoms with Crippen LogP contribution in [-0.2, 0) is 16.1 Å². The smallest absolute Gasteiger partial charge is 0.407 e. The molecule has 3 heterocycles. The molecule has 7 nitrogen and oxygen atoms in total. The number of piperidine rings is 1. The molecule has 4 aliphatic rings. The molecule has 5 rings (SSSR count). The lowest BCUT2D eigenvalue weighted by Gasteiger charge is -2.34. The Balaban J connectivity index is 1.46. The van der Waals surface area contributed by atoms with E-state index in [4.69, 9.17) is 9.47 Å². The number of hydrazine groups is 1. The van der Waals surface area contributed by atoms with Crippen molar-refractivity contribution in [1.29, 1.82) is 0 Å². The van der Waals surface area contributed by atoms with Crippen molar-refractivity contribution < 1.29 is 14.3 Å². The van der Waals surface area contributed by atoms with Crippen molar-refractivity contribution in [3.63, 3.8) is 0 Å². The molecule has 3 fully saturated rings. The van der Waals surface area contributed by atoms with E-state index < -0.39 is 0 Å². The minimum Gasteiger partial charge on any atom is -0.445 e. The zero-order valence-electron chi connectivity index (χ0n) is 17.7. The highest BCUT2D eigenvalue weighted by molar-refractivity contribution is 5.67. The molecule has 4 unspecified atom stereocenters. The number of hydrogen-bond acceptors (Lipinski definition) is 6. The van der Waals surface area contributed by atoms with Crippen molar-refractivity contribution >= 4 is 11.8 Å². The third-order valence-electron chi connectivity index (χ3n) is 7.10. The maximum atomic E-state index is 12.1. The van der Waals surface area contributed by atoms with E-state index in [1.54, 1.807) is 0 Å². The molecule has 1 aliphatic carbocycles. The number of nitrogens with zero attached hydrogens (tertiary/aromatic N) is 1. The Labute approximate surface area is 178 Å². The predicted octanol–water partition coefficient (Wildman–Crippen LogP) is 3.01. The average Bonchev–Trinajstić information content (AvgIpc) is 3.21. The van der Waals surface area contributed by atoms with Crippen LogP contribution in [0.4, 0.5) is 10.5 Å². The van der Waals surface area contributed by atoms with Crippen molar-refractivity contribution in [3.8, 4) is 0 Å². The summed E-state index contributed by atoms with van der Waals surface area (Å²) in [7, 11) is 0. The molecular weight excluding hydrogens is 380 g/mol. The molecule has 3 N–H and O–H groups in total. The van der Waals surface area contributed by atoms with Crippen LogP contribution in [0.25, 0.3) is 0 Å². The first-order valence-electron chi connectivity index (χ1n) is 11.7. The molecule has 1 aromatic rings. The zero-order chi connectivity index (χ0) is 20.3. The van der Waals surface area contributed by atoms with Gasteiger partial charge in [-0.3, -0.25) is 5.43 Å². The van der Waals surface area contributed by atoms with E-state index in [-0.39, 0.29) is 12.1 Å². The molecule has 164 valence electrons. The van der Waals surface area contributed by atoms with Gasteiger partial charge in [0.2, 0.25) is 0 Å². The Kier molecular flexibility index (Phi) is 6.11.